The van der Waals surface area contributed by atoms with E-state index in [-0.39, 0.29) is 0 Å². The second-order valence-corrected chi connectivity index (χ2v) is 5.34. The SMILES string of the molecule is CC1CCCC(NCCc2ccccn2)CC1. The fourth-order valence-electron chi connectivity index (χ4n) is 2.64. The van der Waals surface area contributed by atoms with Crippen molar-refractivity contribution in [2.45, 2.75) is 51.5 Å². The van der Waals surface area contributed by atoms with E-state index in [1.165, 1.54) is 37.8 Å². The lowest BCUT2D eigenvalue weighted by atomic mass is 10.0. The van der Waals surface area contributed by atoms with E-state index in [0.717, 1.165) is 24.9 Å². The van der Waals surface area contributed by atoms with Gasteiger partial charge < -0.3 is 5.32 Å². The van der Waals surface area contributed by atoms with Gasteiger partial charge in [-0.05, 0) is 37.3 Å². The van der Waals surface area contributed by atoms with Crippen LogP contribution in [-0.4, -0.2) is 17.6 Å². The summed E-state index contributed by atoms with van der Waals surface area (Å²) in [6.07, 6.45) is 9.83. The summed E-state index contributed by atoms with van der Waals surface area (Å²) >= 11 is 0. The van der Waals surface area contributed by atoms with Gasteiger partial charge in [0.05, 0.1) is 0 Å². The zero-order valence-electron chi connectivity index (χ0n) is 10.9. The lowest BCUT2D eigenvalue weighted by Crippen LogP contribution is -2.30. The first-order chi connectivity index (χ1) is 8.34. The second-order valence-electron chi connectivity index (χ2n) is 5.34. The molecule has 1 aromatic heterocycles. The summed E-state index contributed by atoms with van der Waals surface area (Å²) < 4.78 is 0. The standard InChI is InChI=1S/C15H24N2/c1-13-5-4-7-14(9-8-13)17-12-10-15-6-2-3-11-16-15/h2-3,6,11,13-14,17H,4-5,7-10,12H2,1H3. The van der Waals surface area contributed by atoms with Gasteiger partial charge in [-0.25, -0.2) is 0 Å². The van der Waals surface area contributed by atoms with Crippen LogP contribution >= 0.6 is 0 Å². The van der Waals surface area contributed by atoms with Gasteiger partial charge in [-0.15, -0.1) is 0 Å². The fraction of sp³-hybridized carbons (Fsp3) is 0.667. The molecule has 1 aliphatic rings. The van der Waals surface area contributed by atoms with Gasteiger partial charge in [0.2, 0.25) is 0 Å². The zero-order valence-corrected chi connectivity index (χ0v) is 10.9. The zero-order chi connectivity index (χ0) is 11.9. The molecular formula is C15H24N2. The second kappa shape index (κ2) is 6.75. The van der Waals surface area contributed by atoms with Crippen molar-refractivity contribution in [1.82, 2.24) is 10.3 Å². The van der Waals surface area contributed by atoms with Crippen LogP contribution in [0.15, 0.2) is 24.4 Å². The maximum atomic E-state index is 4.35. The van der Waals surface area contributed by atoms with Crippen molar-refractivity contribution in [3.8, 4) is 0 Å². The molecule has 2 heteroatoms. The molecule has 0 radical (unpaired) electrons. The van der Waals surface area contributed by atoms with E-state index in [0.29, 0.717) is 0 Å². The third kappa shape index (κ3) is 4.47. The monoisotopic (exact) mass is 232 g/mol. The molecule has 2 atom stereocenters. The van der Waals surface area contributed by atoms with Crippen LogP contribution in [-0.2, 0) is 6.42 Å². The van der Waals surface area contributed by atoms with E-state index in [1.807, 2.05) is 12.3 Å². The summed E-state index contributed by atoms with van der Waals surface area (Å²) in [7, 11) is 0. The van der Waals surface area contributed by atoms with Crippen LogP contribution in [0.1, 0.15) is 44.7 Å². The van der Waals surface area contributed by atoms with Gasteiger partial charge >= 0.3 is 0 Å². The first kappa shape index (κ1) is 12.6. The quantitative estimate of drug-likeness (QED) is 0.806. The molecular weight excluding hydrogens is 208 g/mol. The normalized spacial score (nSPS) is 25.5. The van der Waals surface area contributed by atoms with Crippen molar-refractivity contribution in [3.05, 3.63) is 30.1 Å². The molecule has 0 bridgehead atoms. The van der Waals surface area contributed by atoms with Crippen molar-refractivity contribution < 1.29 is 0 Å². The molecule has 0 aromatic carbocycles. The largest absolute Gasteiger partial charge is 0.314 e. The molecule has 1 aromatic rings. The van der Waals surface area contributed by atoms with Crippen LogP contribution in [0.2, 0.25) is 0 Å². The Morgan fingerprint density at radius 2 is 2.18 bits per heavy atom. The molecule has 1 heterocycles. The number of aromatic nitrogens is 1. The summed E-state index contributed by atoms with van der Waals surface area (Å²) in [5, 5.41) is 3.69. The third-order valence-corrected chi connectivity index (χ3v) is 3.80. The highest BCUT2D eigenvalue weighted by Crippen LogP contribution is 2.22. The molecule has 94 valence electrons. The van der Waals surface area contributed by atoms with Crippen molar-refractivity contribution >= 4 is 0 Å². The molecule has 0 spiro atoms. The van der Waals surface area contributed by atoms with Crippen LogP contribution < -0.4 is 5.32 Å². The van der Waals surface area contributed by atoms with Crippen molar-refractivity contribution in [2.75, 3.05) is 6.54 Å². The predicted octanol–water partition coefficient (Wildman–Crippen LogP) is 3.18. The molecule has 0 aliphatic heterocycles. The lowest BCUT2D eigenvalue weighted by molar-refractivity contribution is 0.450. The molecule has 17 heavy (non-hydrogen) atoms. The Morgan fingerprint density at radius 1 is 1.24 bits per heavy atom. The first-order valence-electron chi connectivity index (χ1n) is 6.98. The Balaban J connectivity index is 1.68. The lowest BCUT2D eigenvalue weighted by Gasteiger charge is -2.16. The highest BCUT2D eigenvalue weighted by atomic mass is 14.9. The summed E-state index contributed by atoms with van der Waals surface area (Å²) in [6.45, 7) is 3.45. The smallest absolute Gasteiger partial charge is 0.0416 e. The van der Waals surface area contributed by atoms with Crippen LogP contribution in [0.5, 0.6) is 0 Å². The first-order valence-corrected chi connectivity index (χ1v) is 6.98. The van der Waals surface area contributed by atoms with Gasteiger partial charge in [0.25, 0.3) is 0 Å². The van der Waals surface area contributed by atoms with E-state index in [1.54, 1.807) is 0 Å². The Labute approximate surface area is 105 Å². The summed E-state index contributed by atoms with van der Waals surface area (Å²) in [5.41, 5.74) is 1.20. The minimum atomic E-state index is 0.740. The Morgan fingerprint density at radius 3 is 3.00 bits per heavy atom. The number of nitrogens with zero attached hydrogens (tertiary/aromatic N) is 1. The summed E-state index contributed by atoms with van der Waals surface area (Å²) in [4.78, 5) is 4.35. The topological polar surface area (TPSA) is 24.9 Å². The Bertz CT molecular complexity index is 310. The van der Waals surface area contributed by atoms with Crippen molar-refractivity contribution in [1.29, 1.82) is 0 Å². The summed E-state index contributed by atoms with van der Waals surface area (Å²) in [6, 6.07) is 6.89. The molecule has 1 N–H and O–H groups in total. The average Bonchev–Trinajstić information content (AvgIpc) is 2.56. The van der Waals surface area contributed by atoms with Gasteiger partial charge in [0.15, 0.2) is 0 Å². The van der Waals surface area contributed by atoms with E-state index in [2.05, 4.69) is 29.4 Å². The van der Waals surface area contributed by atoms with Crippen molar-refractivity contribution in [2.24, 2.45) is 5.92 Å². The van der Waals surface area contributed by atoms with Crippen LogP contribution in [0.3, 0.4) is 0 Å². The maximum absolute atomic E-state index is 4.35. The average molecular weight is 232 g/mol. The highest BCUT2D eigenvalue weighted by Gasteiger charge is 2.15. The van der Waals surface area contributed by atoms with E-state index in [9.17, 15) is 0 Å². The number of hydrogen-bond donors (Lipinski definition) is 1. The van der Waals surface area contributed by atoms with Gasteiger partial charge in [-0.2, -0.15) is 0 Å². The van der Waals surface area contributed by atoms with Crippen LogP contribution in [0.4, 0.5) is 0 Å². The highest BCUT2D eigenvalue weighted by molar-refractivity contribution is 5.03. The molecule has 2 unspecified atom stereocenters. The van der Waals surface area contributed by atoms with E-state index in [4.69, 9.17) is 0 Å². The van der Waals surface area contributed by atoms with Gasteiger partial charge in [-0.3, -0.25) is 4.98 Å². The molecule has 2 nitrogen and oxygen atoms in total. The molecule has 1 fully saturated rings. The number of pyridine rings is 1. The van der Waals surface area contributed by atoms with Gasteiger partial charge in [0.1, 0.15) is 0 Å². The number of nitrogens with one attached hydrogen (secondary N) is 1. The third-order valence-electron chi connectivity index (χ3n) is 3.80. The predicted molar refractivity (Wildman–Crippen MR) is 72.0 cm³/mol. The molecule has 1 aliphatic carbocycles. The minimum absolute atomic E-state index is 0.740. The Hall–Kier alpha value is -0.890. The number of rotatable bonds is 4. The maximum Gasteiger partial charge on any atom is 0.0416 e. The summed E-state index contributed by atoms with van der Waals surface area (Å²) in [5.74, 6) is 0.928. The molecule has 0 saturated heterocycles. The van der Waals surface area contributed by atoms with Crippen LogP contribution in [0.25, 0.3) is 0 Å². The Kier molecular flexibility index (Phi) is 4.99. The number of hydrogen-bond acceptors (Lipinski definition) is 2. The molecule has 1 saturated carbocycles. The van der Waals surface area contributed by atoms with Gasteiger partial charge in [-0.1, -0.05) is 25.8 Å². The molecule has 2 rings (SSSR count). The van der Waals surface area contributed by atoms with E-state index < -0.39 is 0 Å². The van der Waals surface area contributed by atoms with E-state index >= 15 is 0 Å². The fourth-order valence-corrected chi connectivity index (χ4v) is 2.64. The van der Waals surface area contributed by atoms with Gasteiger partial charge in [0, 0.05) is 30.9 Å². The van der Waals surface area contributed by atoms with Crippen molar-refractivity contribution in [3.63, 3.8) is 0 Å². The molecule has 0 amide bonds. The minimum Gasteiger partial charge on any atom is -0.314 e. The van der Waals surface area contributed by atoms with Crippen LogP contribution in [0, 0.1) is 5.92 Å².